The van der Waals surface area contributed by atoms with E-state index in [0.29, 0.717) is 0 Å². The standard InChI is InChI=1S/C17H19NO2/c1-18(15-9-12-17(20-3)13-10-15)14-6-4-5-7-16(19-2)11-8-14/h6,8-13,16H,4H2,1-3H3. The third-order valence-electron chi connectivity index (χ3n) is 3.20. The van der Waals surface area contributed by atoms with Gasteiger partial charge in [0.25, 0.3) is 0 Å². The van der Waals surface area contributed by atoms with Gasteiger partial charge in [-0.3, -0.25) is 0 Å². The maximum absolute atomic E-state index is 5.27. The lowest BCUT2D eigenvalue weighted by Crippen LogP contribution is -2.16. The molecule has 0 amide bonds. The molecule has 0 radical (unpaired) electrons. The van der Waals surface area contributed by atoms with Crippen molar-refractivity contribution >= 4 is 5.69 Å². The van der Waals surface area contributed by atoms with Crippen LogP contribution in [-0.4, -0.2) is 27.4 Å². The zero-order chi connectivity index (χ0) is 14.4. The van der Waals surface area contributed by atoms with Crippen molar-refractivity contribution in [1.82, 2.24) is 0 Å². The minimum atomic E-state index is -0.136. The molecule has 3 heteroatoms. The molecule has 1 atom stereocenters. The highest BCUT2D eigenvalue weighted by Gasteiger charge is 2.07. The molecule has 1 aromatic rings. The van der Waals surface area contributed by atoms with E-state index in [4.69, 9.17) is 9.47 Å². The molecule has 0 heterocycles. The largest absolute Gasteiger partial charge is 0.497 e. The van der Waals surface area contributed by atoms with Crippen LogP contribution in [0.1, 0.15) is 6.42 Å². The summed E-state index contributed by atoms with van der Waals surface area (Å²) in [7, 11) is 5.37. The number of ether oxygens (including phenoxy) is 2. The summed E-state index contributed by atoms with van der Waals surface area (Å²) in [5, 5.41) is 0. The fraction of sp³-hybridized carbons (Fsp3) is 0.294. The zero-order valence-electron chi connectivity index (χ0n) is 12.1. The van der Waals surface area contributed by atoms with Crippen LogP contribution in [0.4, 0.5) is 5.69 Å². The van der Waals surface area contributed by atoms with Crippen molar-refractivity contribution < 1.29 is 9.47 Å². The van der Waals surface area contributed by atoms with Crippen LogP contribution >= 0.6 is 0 Å². The first-order chi connectivity index (χ1) is 9.74. The topological polar surface area (TPSA) is 21.7 Å². The van der Waals surface area contributed by atoms with Crippen molar-refractivity contribution in [3.63, 3.8) is 0 Å². The van der Waals surface area contributed by atoms with Gasteiger partial charge in [0.2, 0.25) is 0 Å². The first kappa shape index (κ1) is 14.2. The molecule has 20 heavy (non-hydrogen) atoms. The summed E-state index contributed by atoms with van der Waals surface area (Å²) in [4.78, 5) is 2.12. The normalized spacial score (nSPS) is 17.4. The molecule has 1 unspecified atom stereocenters. The SMILES string of the molecule is COc1ccc(N(C)C2=CCC#CC(OC)C=C2)cc1. The molecule has 2 rings (SSSR count). The highest BCUT2D eigenvalue weighted by Crippen LogP contribution is 2.22. The maximum atomic E-state index is 5.27. The Hall–Kier alpha value is -2.18. The van der Waals surface area contributed by atoms with Gasteiger partial charge in [-0.05, 0) is 42.5 Å². The molecule has 0 bridgehead atoms. The third-order valence-corrected chi connectivity index (χ3v) is 3.20. The highest BCUT2D eigenvalue weighted by molar-refractivity contribution is 5.55. The maximum Gasteiger partial charge on any atom is 0.136 e. The van der Waals surface area contributed by atoms with E-state index in [2.05, 4.69) is 22.8 Å². The van der Waals surface area contributed by atoms with Crippen molar-refractivity contribution in [3.05, 3.63) is 48.2 Å². The Morgan fingerprint density at radius 1 is 1.20 bits per heavy atom. The Morgan fingerprint density at radius 3 is 2.60 bits per heavy atom. The molecule has 0 spiro atoms. The first-order valence-corrected chi connectivity index (χ1v) is 6.52. The van der Waals surface area contributed by atoms with E-state index >= 15 is 0 Å². The molecule has 1 aromatic carbocycles. The highest BCUT2D eigenvalue weighted by atomic mass is 16.5. The third kappa shape index (κ3) is 3.43. The summed E-state index contributed by atoms with van der Waals surface area (Å²) in [5.74, 6) is 7.00. The second kappa shape index (κ2) is 6.83. The van der Waals surface area contributed by atoms with Gasteiger partial charge in [-0.2, -0.15) is 0 Å². The van der Waals surface area contributed by atoms with Gasteiger partial charge < -0.3 is 14.4 Å². The van der Waals surface area contributed by atoms with E-state index in [1.54, 1.807) is 14.2 Å². The van der Waals surface area contributed by atoms with Gasteiger partial charge in [-0.25, -0.2) is 0 Å². The second-order valence-electron chi connectivity index (χ2n) is 4.43. The summed E-state index contributed by atoms with van der Waals surface area (Å²) < 4.78 is 10.4. The van der Waals surface area contributed by atoms with Crippen LogP contribution in [0.25, 0.3) is 0 Å². The van der Waals surface area contributed by atoms with Crippen LogP contribution in [0.2, 0.25) is 0 Å². The van der Waals surface area contributed by atoms with E-state index in [9.17, 15) is 0 Å². The number of anilines is 1. The van der Waals surface area contributed by atoms with Crippen LogP contribution in [0.15, 0.2) is 48.2 Å². The lowest BCUT2D eigenvalue weighted by Gasteiger charge is -2.21. The van der Waals surface area contributed by atoms with Gasteiger partial charge >= 0.3 is 0 Å². The van der Waals surface area contributed by atoms with E-state index in [0.717, 1.165) is 23.6 Å². The van der Waals surface area contributed by atoms with Gasteiger partial charge in [-0.15, -0.1) is 0 Å². The Morgan fingerprint density at radius 2 is 1.95 bits per heavy atom. The minimum Gasteiger partial charge on any atom is -0.497 e. The van der Waals surface area contributed by atoms with Crippen LogP contribution in [0, 0.1) is 11.8 Å². The molecular formula is C17H19NO2. The van der Waals surface area contributed by atoms with Gasteiger partial charge in [0.1, 0.15) is 11.9 Å². The van der Waals surface area contributed by atoms with Crippen molar-refractivity contribution in [2.24, 2.45) is 0 Å². The Labute approximate surface area is 120 Å². The molecule has 0 N–H and O–H groups in total. The fourth-order valence-corrected chi connectivity index (χ4v) is 1.96. The molecule has 0 saturated carbocycles. The van der Waals surface area contributed by atoms with E-state index < -0.39 is 0 Å². The number of likely N-dealkylation sites (N-methyl/N-ethyl adjacent to an activating group) is 1. The fourth-order valence-electron chi connectivity index (χ4n) is 1.96. The van der Waals surface area contributed by atoms with Crippen LogP contribution in [0.5, 0.6) is 5.75 Å². The number of allylic oxidation sites excluding steroid dienone is 2. The van der Waals surface area contributed by atoms with Crippen molar-refractivity contribution in [3.8, 4) is 17.6 Å². The van der Waals surface area contributed by atoms with Gasteiger partial charge in [0.15, 0.2) is 0 Å². The van der Waals surface area contributed by atoms with Crippen LogP contribution < -0.4 is 9.64 Å². The molecular weight excluding hydrogens is 250 g/mol. The van der Waals surface area contributed by atoms with Crippen LogP contribution in [-0.2, 0) is 4.74 Å². The molecule has 0 aromatic heterocycles. The van der Waals surface area contributed by atoms with Gasteiger partial charge in [-0.1, -0.05) is 11.8 Å². The molecule has 0 saturated heterocycles. The van der Waals surface area contributed by atoms with Crippen molar-refractivity contribution in [2.45, 2.75) is 12.5 Å². The molecule has 1 aliphatic carbocycles. The number of methoxy groups -OCH3 is 2. The van der Waals surface area contributed by atoms with E-state index in [-0.39, 0.29) is 6.10 Å². The number of benzene rings is 1. The molecule has 1 aliphatic rings. The number of nitrogens with zero attached hydrogens (tertiary/aromatic N) is 1. The predicted molar refractivity (Wildman–Crippen MR) is 81.8 cm³/mol. The Balaban J connectivity index is 2.19. The summed E-state index contributed by atoms with van der Waals surface area (Å²) in [6.07, 6.45) is 6.71. The summed E-state index contributed by atoms with van der Waals surface area (Å²) in [5.41, 5.74) is 2.20. The van der Waals surface area contributed by atoms with Crippen molar-refractivity contribution in [1.29, 1.82) is 0 Å². The molecule has 104 valence electrons. The number of hydrogen-bond acceptors (Lipinski definition) is 3. The average molecular weight is 269 g/mol. The molecule has 0 fully saturated rings. The summed E-state index contributed by atoms with van der Waals surface area (Å²) >= 11 is 0. The smallest absolute Gasteiger partial charge is 0.136 e. The van der Waals surface area contributed by atoms with E-state index in [1.165, 1.54) is 0 Å². The predicted octanol–water partition coefficient (Wildman–Crippen LogP) is 2.99. The van der Waals surface area contributed by atoms with E-state index in [1.807, 2.05) is 43.5 Å². The lowest BCUT2D eigenvalue weighted by atomic mass is 10.2. The molecule has 0 aliphatic heterocycles. The monoisotopic (exact) mass is 269 g/mol. The Bertz CT molecular complexity index is 561. The van der Waals surface area contributed by atoms with Crippen LogP contribution in [0.3, 0.4) is 0 Å². The average Bonchev–Trinajstić information content (AvgIpc) is 2.47. The summed E-state index contributed by atoms with van der Waals surface area (Å²) in [6, 6.07) is 7.98. The second-order valence-corrected chi connectivity index (χ2v) is 4.43. The lowest BCUT2D eigenvalue weighted by molar-refractivity contribution is 0.184. The first-order valence-electron chi connectivity index (χ1n) is 6.52. The quantitative estimate of drug-likeness (QED) is 0.784. The minimum absolute atomic E-state index is 0.136. The van der Waals surface area contributed by atoms with Crippen molar-refractivity contribution in [2.75, 3.05) is 26.2 Å². The zero-order valence-corrected chi connectivity index (χ0v) is 12.1. The van der Waals surface area contributed by atoms with Gasteiger partial charge in [0, 0.05) is 32.0 Å². The Kier molecular flexibility index (Phi) is 4.86. The number of rotatable bonds is 4. The molecule has 3 nitrogen and oxygen atoms in total. The van der Waals surface area contributed by atoms with Gasteiger partial charge in [0.05, 0.1) is 7.11 Å². The summed E-state index contributed by atoms with van der Waals surface area (Å²) in [6.45, 7) is 0. The number of hydrogen-bond donors (Lipinski definition) is 0.